The van der Waals surface area contributed by atoms with Crippen molar-refractivity contribution in [2.45, 2.75) is 19.4 Å². The van der Waals surface area contributed by atoms with Gasteiger partial charge in [0.2, 0.25) is 5.91 Å². The molecule has 0 aromatic carbocycles. The molecule has 1 aromatic heterocycles. The Labute approximate surface area is 79.8 Å². The zero-order valence-electron chi connectivity index (χ0n) is 7.23. The second-order valence-electron chi connectivity index (χ2n) is 3.12. The summed E-state index contributed by atoms with van der Waals surface area (Å²) in [6.07, 6.45) is 1.42. The quantitative estimate of drug-likeness (QED) is 0.717. The fourth-order valence-electron chi connectivity index (χ4n) is 1.34. The SMILES string of the molecule is Cc1cnc(N2CC(O)CC2=O)s1. The van der Waals surface area contributed by atoms with Crippen LogP contribution in [0.15, 0.2) is 6.20 Å². The largest absolute Gasteiger partial charge is 0.391 e. The van der Waals surface area contributed by atoms with E-state index in [1.54, 1.807) is 11.1 Å². The average Bonchev–Trinajstić information content (AvgIpc) is 2.58. The molecule has 13 heavy (non-hydrogen) atoms. The topological polar surface area (TPSA) is 53.4 Å². The molecule has 2 heterocycles. The Kier molecular flexibility index (Phi) is 2.05. The number of aliphatic hydroxyl groups excluding tert-OH is 1. The Hall–Kier alpha value is -0.940. The third kappa shape index (κ3) is 1.57. The molecule has 1 aromatic rings. The molecule has 1 aliphatic heterocycles. The van der Waals surface area contributed by atoms with Gasteiger partial charge in [0, 0.05) is 11.1 Å². The maximum atomic E-state index is 11.3. The lowest BCUT2D eigenvalue weighted by Crippen LogP contribution is -2.24. The molecule has 2 rings (SSSR count). The van der Waals surface area contributed by atoms with E-state index in [2.05, 4.69) is 4.98 Å². The first-order valence-electron chi connectivity index (χ1n) is 4.07. The number of thiazole rings is 1. The number of aliphatic hydroxyl groups is 1. The van der Waals surface area contributed by atoms with Gasteiger partial charge in [-0.05, 0) is 6.92 Å². The highest BCUT2D eigenvalue weighted by Crippen LogP contribution is 2.25. The molecule has 1 saturated heterocycles. The van der Waals surface area contributed by atoms with Gasteiger partial charge in [-0.15, -0.1) is 11.3 Å². The van der Waals surface area contributed by atoms with Gasteiger partial charge in [0.1, 0.15) is 0 Å². The summed E-state index contributed by atoms with van der Waals surface area (Å²) in [5, 5.41) is 9.95. The van der Waals surface area contributed by atoms with Crippen LogP contribution in [0.3, 0.4) is 0 Å². The Balaban J connectivity index is 2.22. The molecule has 1 atom stereocenters. The minimum atomic E-state index is -0.531. The Bertz CT molecular complexity index is 337. The molecule has 0 bridgehead atoms. The molecule has 0 saturated carbocycles. The maximum Gasteiger partial charge on any atom is 0.231 e. The van der Waals surface area contributed by atoms with Crippen molar-refractivity contribution in [2.75, 3.05) is 11.4 Å². The molecule has 1 amide bonds. The number of carbonyl (C=O) groups is 1. The number of aryl methyl sites for hydroxylation is 1. The van der Waals surface area contributed by atoms with Crippen molar-refractivity contribution in [1.82, 2.24) is 4.98 Å². The van der Waals surface area contributed by atoms with Gasteiger partial charge in [-0.3, -0.25) is 9.69 Å². The van der Waals surface area contributed by atoms with E-state index in [1.165, 1.54) is 11.3 Å². The molecule has 1 fully saturated rings. The molecule has 1 N–H and O–H groups in total. The van der Waals surface area contributed by atoms with Crippen LogP contribution in [-0.4, -0.2) is 28.6 Å². The van der Waals surface area contributed by atoms with Crippen LogP contribution in [0.4, 0.5) is 5.13 Å². The lowest BCUT2D eigenvalue weighted by molar-refractivity contribution is -0.117. The molecule has 1 unspecified atom stereocenters. The van der Waals surface area contributed by atoms with E-state index in [1.807, 2.05) is 6.92 Å². The van der Waals surface area contributed by atoms with Crippen LogP contribution in [0, 0.1) is 6.92 Å². The van der Waals surface area contributed by atoms with Gasteiger partial charge in [0.15, 0.2) is 5.13 Å². The van der Waals surface area contributed by atoms with Gasteiger partial charge in [0.25, 0.3) is 0 Å². The van der Waals surface area contributed by atoms with Crippen LogP contribution in [0.25, 0.3) is 0 Å². The van der Waals surface area contributed by atoms with Crippen molar-refractivity contribution >= 4 is 22.4 Å². The number of β-amino-alcohol motifs (C(OH)–C–C–N with tert-alkyl or cyclic N) is 1. The van der Waals surface area contributed by atoms with E-state index in [0.29, 0.717) is 11.7 Å². The smallest absolute Gasteiger partial charge is 0.231 e. The van der Waals surface area contributed by atoms with Crippen LogP contribution in [0.1, 0.15) is 11.3 Å². The summed E-state index contributed by atoms with van der Waals surface area (Å²) in [5.41, 5.74) is 0. The predicted molar refractivity (Wildman–Crippen MR) is 49.8 cm³/mol. The highest BCUT2D eigenvalue weighted by atomic mass is 32.1. The summed E-state index contributed by atoms with van der Waals surface area (Å²) in [6.45, 7) is 2.32. The Morgan fingerprint density at radius 2 is 2.54 bits per heavy atom. The fourth-order valence-corrected chi connectivity index (χ4v) is 2.13. The van der Waals surface area contributed by atoms with Crippen LogP contribution >= 0.6 is 11.3 Å². The van der Waals surface area contributed by atoms with E-state index < -0.39 is 6.10 Å². The number of rotatable bonds is 1. The Morgan fingerprint density at radius 3 is 3.00 bits per heavy atom. The van der Waals surface area contributed by atoms with Crippen LogP contribution < -0.4 is 4.90 Å². The monoisotopic (exact) mass is 198 g/mol. The zero-order valence-corrected chi connectivity index (χ0v) is 8.04. The van der Waals surface area contributed by atoms with Crippen molar-refractivity contribution in [3.63, 3.8) is 0 Å². The number of amides is 1. The summed E-state index contributed by atoms with van der Waals surface area (Å²) in [4.78, 5) is 18.0. The van der Waals surface area contributed by atoms with Crippen molar-refractivity contribution in [3.8, 4) is 0 Å². The molecule has 0 radical (unpaired) electrons. The van der Waals surface area contributed by atoms with Crippen molar-refractivity contribution in [1.29, 1.82) is 0 Å². The molecule has 70 valence electrons. The zero-order chi connectivity index (χ0) is 9.42. The van der Waals surface area contributed by atoms with Gasteiger partial charge < -0.3 is 5.11 Å². The second-order valence-corrected chi connectivity index (χ2v) is 4.33. The van der Waals surface area contributed by atoms with E-state index >= 15 is 0 Å². The summed E-state index contributed by atoms with van der Waals surface area (Å²) in [6, 6.07) is 0. The Morgan fingerprint density at radius 1 is 1.77 bits per heavy atom. The van der Waals surface area contributed by atoms with E-state index in [9.17, 15) is 9.90 Å². The highest BCUT2D eigenvalue weighted by Gasteiger charge is 2.30. The minimum absolute atomic E-state index is 0.0400. The molecule has 5 heteroatoms. The number of hydrogen-bond donors (Lipinski definition) is 1. The van der Waals surface area contributed by atoms with Crippen LogP contribution in [0.5, 0.6) is 0 Å². The highest BCUT2D eigenvalue weighted by molar-refractivity contribution is 7.15. The average molecular weight is 198 g/mol. The number of aromatic nitrogens is 1. The third-order valence-electron chi connectivity index (χ3n) is 1.94. The normalized spacial score (nSPS) is 22.8. The molecule has 0 spiro atoms. The molecular formula is C8H10N2O2S. The van der Waals surface area contributed by atoms with Gasteiger partial charge in [-0.2, -0.15) is 0 Å². The molecule has 4 nitrogen and oxygen atoms in total. The second kappa shape index (κ2) is 3.08. The first-order valence-corrected chi connectivity index (χ1v) is 4.89. The van der Waals surface area contributed by atoms with Crippen molar-refractivity contribution in [3.05, 3.63) is 11.1 Å². The molecular weight excluding hydrogens is 188 g/mol. The fraction of sp³-hybridized carbons (Fsp3) is 0.500. The third-order valence-corrected chi connectivity index (χ3v) is 2.88. The van der Waals surface area contributed by atoms with Gasteiger partial charge in [-0.25, -0.2) is 4.98 Å². The summed E-state index contributed by atoms with van der Waals surface area (Å²) in [7, 11) is 0. The number of hydrogen-bond acceptors (Lipinski definition) is 4. The van der Waals surface area contributed by atoms with Gasteiger partial charge >= 0.3 is 0 Å². The van der Waals surface area contributed by atoms with E-state index in [4.69, 9.17) is 0 Å². The lowest BCUT2D eigenvalue weighted by Gasteiger charge is -2.10. The number of anilines is 1. The van der Waals surface area contributed by atoms with Crippen molar-refractivity contribution < 1.29 is 9.90 Å². The first-order chi connectivity index (χ1) is 6.16. The van der Waals surface area contributed by atoms with E-state index in [-0.39, 0.29) is 12.3 Å². The number of nitrogens with zero attached hydrogens (tertiary/aromatic N) is 2. The predicted octanol–water partition coefficient (Wildman–Crippen LogP) is 0.549. The van der Waals surface area contributed by atoms with E-state index in [0.717, 1.165) is 4.88 Å². The van der Waals surface area contributed by atoms with Gasteiger partial charge in [-0.1, -0.05) is 0 Å². The summed E-state index contributed by atoms with van der Waals surface area (Å²) in [5.74, 6) is -0.0400. The van der Waals surface area contributed by atoms with Gasteiger partial charge in [0.05, 0.1) is 19.1 Å². The molecule has 0 aliphatic carbocycles. The first kappa shape index (κ1) is 8.65. The standard InChI is InChI=1S/C8H10N2O2S/c1-5-3-9-8(13-5)10-4-6(11)2-7(10)12/h3,6,11H,2,4H2,1H3. The molecule has 1 aliphatic rings. The van der Waals surface area contributed by atoms with Crippen molar-refractivity contribution in [2.24, 2.45) is 0 Å². The van der Waals surface area contributed by atoms with Crippen LogP contribution in [-0.2, 0) is 4.79 Å². The summed E-state index contributed by atoms with van der Waals surface area (Å²) >= 11 is 1.47. The minimum Gasteiger partial charge on any atom is -0.391 e. The number of carbonyl (C=O) groups excluding carboxylic acids is 1. The summed E-state index contributed by atoms with van der Waals surface area (Å²) < 4.78 is 0. The lowest BCUT2D eigenvalue weighted by atomic mass is 10.3. The van der Waals surface area contributed by atoms with Crippen LogP contribution in [0.2, 0.25) is 0 Å². The maximum absolute atomic E-state index is 11.3.